The first-order chi connectivity index (χ1) is 16.0. The van der Waals surface area contributed by atoms with Crippen LogP contribution in [0.1, 0.15) is 34.9 Å². The molecule has 1 fully saturated rings. The second-order valence-electron chi connectivity index (χ2n) is 9.02. The summed E-state index contributed by atoms with van der Waals surface area (Å²) in [6, 6.07) is 22.6. The Morgan fingerprint density at radius 2 is 1.67 bits per heavy atom. The molecule has 0 N–H and O–H groups in total. The molecule has 3 aromatic carbocycles. The van der Waals surface area contributed by atoms with Crippen molar-refractivity contribution < 1.29 is 9.53 Å². The maximum absolute atomic E-state index is 13.0. The van der Waals surface area contributed by atoms with Gasteiger partial charge in [-0.05, 0) is 68.3 Å². The molecule has 2 heterocycles. The second kappa shape index (κ2) is 8.74. The molecular formula is C28H29N3O2. The molecule has 168 valence electrons. The number of fused-ring (bicyclic) bond motifs is 1. The number of hydrogen-bond donors (Lipinski definition) is 0. The maximum atomic E-state index is 13.0. The van der Waals surface area contributed by atoms with E-state index in [1.165, 1.54) is 16.7 Å². The van der Waals surface area contributed by atoms with E-state index >= 15 is 0 Å². The van der Waals surface area contributed by atoms with E-state index < -0.39 is 0 Å². The molecule has 1 aromatic heterocycles. The molecule has 33 heavy (non-hydrogen) atoms. The van der Waals surface area contributed by atoms with Gasteiger partial charge in [-0.25, -0.2) is 4.98 Å². The summed E-state index contributed by atoms with van der Waals surface area (Å²) in [7, 11) is 0. The fraction of sp³-hybridized carbons (Fsp3) is 0.286. The molecule has 0 saturated carbocycles. The van der Waals surface area contributed by atoms with Crippen molar-refractivity contribution in [2.24, 2.45) is 0 Å². The van der Waals surface area contributed by atoms with Crippen molar-refractivity contribution in [2.75, 3.05) is 18.1 Å². The number of benzene rings is 3. The lowest BCUT2D eigenvalue weighted by molar-refractivity contribution is -0.117. The van der Waals surface area contributed by atoms with Gasteiger partial charge in [0.25, 0.3) is 0 Å². The smallest absolute Gasteiger partial charge is 0.227 e. The van der Waals surface area contributed by atoms with Gasteiger partial charge in [-0.1, -0.05) is 35.9 Å². The molecule has 1 saturated heterocycles. The SMILES string of the molecule is Cc1ccc(OCCn2c(C3CC(=O)N(c4cc(C)cc(C)c4)C3)nc3ccccc32)cc1. The van der Waals surface area contributed by atoms with Gasteiger partial charge in [0.05, 0.1) is 17.6 Å². The van der Waals surface area contributed by atoms with Crippen molar-refractivity contribution >= 4 is 22.6 Å². The molecule has 0 spiro atoms. The Kier molecular flexibility index (Phi) is 5.63. The van der Waals surface area contributed by atoms with E-state index in [0.717, 1.165) is 28.3 Å². The van der Waals surface area contributed by atoms with E-state index in [-0.39, 0.29) is 11.8 Å². The van der Waals surface area contributed by atoms with Crippen LogP contribution in [-0.4, -0.2) is 28.6 Å². The maximum Gasteiger partial charge on any atom is 0.227 e. The van der Waals surface area contributed by atoms with Crippen molar-refractivity contribution in [1.82, 2.24) is 9.55 Å². The van der Waals surface area contributed by atoms with Crippen LogP contribution in [0.3, 0.4) is 0 Å². The number of amides is 1. The Balaban J connectivity index is 1.40. The van der Waals surface area contributed by atoms with Crippen molar-refractivity contribution in [3.63, 3.8) is 0 Å². The first-order valence-corrected chi connectivity index (χ1v) is 11.5. The van der Waals surface area contributed by atoms with Crippen molar-refractivity contribution in [3.8, 4) is 5.75 Å². The minimum Gasteiger partial charge on any atom is -0.492 e. The van der Waals surface area contributed by atoms with Crippen LogP contribution in [0.4, 0.5) is 5.69 Å². The summed E-state index contributed by atoms with van der Waals surface area (Å²) < 4.78 is 8.24. The summed E-state index contributed by atoms with van der Waals surface area (Å²) in [5.74, 6) is 2.03. The minimum atomic E-state index is 0.0464. The number of imidazole rings is 1. The fourth-order valence-electron chi connectivity index (χ4n) is 4.77. The Morgan fingerprint density at radius 1 is 0.939 bits per heavy atom. The lowest BCUT2D eigenvalue weighted by Gasteiger charge is -2.19. The Hall–Kier alpha value is -3.60. The van der Waals surface area contributed by atoms with Crippen LogP contribution >= 0.6 is 0 Å². The zero-order valence-electron chi connectivity index (χ0n) is 19.4. The predicted octanol–water partition coefficient (Wildman–Crippen LogP) is 5.56. The van der Waals surface area contributed by atoms with Crippen LogP contribution in [-0.2, 0) is 11.3 Å². The highest BCUT2D eigenvalue weighted by atomic mass is 16.5. The molecule has 1 amide bonds. The van der Waals surface area contributed by atoms with Gasteiger partial charge < -0.3 is 14.2 Å². The van der Waals surface area contributed by atoms with Crippen LogP contribution in [0.5, 0.6) is 5.75 Å². The number of aromatic nitrogens is 2. The third-order valence-electron chi connectivity index (χ3n) is 6.30. The number of anilines is 1. The van der Waals surface area contributed by atoms with Gasteiger partial charge in [-0.3, -0.25) is 4.79 Å². The molecule has 5 nitrogen and oxygen atoms in total. The first-order valence-electron chi connectivity index (χ1n) is 11.5. The highest BCUT2D eigenvalue weighted by molar-refractivity contribution is 5.96. The third kappa shape index (κ3) is 4.36. The largest absolute Gasteiger partial charge is 0.492 e. The highest BCUT2D eigenvalue weighted by Crippen LogP contribution is 2.34. The van der Waals surface area contributed by atoms with Crippen molar-refractivity contribution in [3.05, 3.63) is 89.2 Å². The second-order valence-corrected chi connectivity index (χ2v) is 9.02. The summed E-state index contributed by atoms with van der Waals surface area (Å²) in [6.45, 7) is 8.07. The molecular weight excluding hydrogens is 410 g/mol. The van der Waals surface area contributed by atoms with E-state index in [0.29, 0.717) is 26.1 Å². The number of para-hydroxylation sites is 2. The molecule has 1 unspecified atom stereocenters. The monoisotopic (exact) mass is 439 g/mol. The first kappa shape index (κ1) is 21.3. The zero-order chi connectivity index (χ0) is 22.9. The van der Waals surface area contributed by atoms with Gasteiger partial charge >= 0.3 is 0 Å². The Morgan fingerprint density at radius 3 is 2.42 bits per heavy atom. The summed E-state index contributed by atoms with van der Waals surface area (Å²) in [5, 5.41) is 0. The fourth-order valence-corrected chi connectivity index (χ4v) is 4.77. The van der Waals surface area contributed by atoms with Crippen molar-refractivity contribution in [1.29, 1.82) is 0 Å². The van der Waals surface area contributed by atoms with Gasteiger partial charge in [0.2, 0.25) is 5.91 Å². The predicted molar refractivity (Wildman–Crippen MR) is 132 cm³/mol. The Bertz CT molecular complexity index is 1290. The molecule has 0 bridgehead atoms. The van der Waals surface area contributed by atoms with E-state index in [1.54, 1.807) is 0 Å². The van der Waals surface area contributed by atoms with E-state index in [2.05, 4.69) is 61.7 Å². The lowest BCUT2D eigenvalue weighted by Crippen LogP contribution is -2.25. The molecule has 1 atom stereocenters. The molecule has 0 aliphatic carbocycles. The van der Waals surface area contributed by atoms with Crippen LogP contribution in [0, 0.1) is 20.8 Å². The molecule has 1 aliphatic heterocycles. The quantitative estimate of drug-likeness (QED) is 0.395. The van der Waals surface area contributed by atoms with Gasteiger partial charge in [0.1, 0.15) is 18.2 Å². The number of carbonyl (C=O) groups excluding carboxylic acids is 1. The number of carbonyl (C=O) groups is 1. The molecule has 4 aromatic rings. The van der Waals surface area contributed by atoms with E-state index in [4.69, 9.17) is 9.72 Å². The summed E-state index contributed by atoms with van der Waals surface area (Å²) >= 11 is 0. The van der Waals surface area contributed by atoms with Gasteiger partial charge in [-0.2, -0.15) is 0 Å². The summed E-state index contributed by atoms with van der Waals surface area (Å²) in [6.07, 6.45) is 0.467. The van der Waals surface area contributed by atoms with E-state index in [1.807, 2.05) is 35.2 Å². The lowest BCUT2D eigenvalue weighted by atomic mass is 10.1. The topological polar surface area (TPSA) is 47.4 Å². The van der Waals surface area contributed by atoms with Gasteiger partial charge in [-0.15, -0.1) is 0 Å². The average Bonchev–Trinajstić information content (AvgIpc) is 3.35. The van der Waals surface area contributed by atoms with Gasteiger partial charge in [0.15, 0.2) is 0 Å². The number of nitrogens with zero attached hydrogens (tertiary/aromatic N) is 3. The molecule has 0 radical (unpaired) electrons. The standard InChI is InChI=1S/C28H29N3O2/c1-19-8-10-24(11-9-19)33-13-12-30-26-7-5-4-6-25(26)29-28(30)22-17-27(32)31(18-22)23-15-20(2)14-21(3)16-23/h4-11,14-16,22H,12-13,17-18H2,1-3H3. The van der Waals surface area contributed by atoms with Crippen LogP contribution in [0.25, 0.3) is 11.0 Å². The highest BCUT2D eigenvalue weighted by Gasteiger charge is 2.35. The molecule has 5 rings (SSSR count). The van der Waals surface area contributed by atoms with E-state index in [9.17, 15) is 4.79 Å². The van der Waals surface area contributed by atoms with Crippen molar-refractivity contribution in [2.45, 2.75) is 39.7 Å². The molecule has 5 heteroatoms. The minimum absolute atomic E-state index is 0.0464. The Labute approximate surface area is 194 Å². The number of rotatable bonds is 6. The normalized spacial score (nSPS) is 16.0. The number of hydrogen-bond acceptors (Lipinski definition) is 3. The van der Waals surface area contributed by atoms with Crippen LogP contribution in [0.15, 0.2) is 66.7 Å². The average molecular weight is 440 g/mol. The number of aryl methyl sites for hydroxylation is 3. The zero-order valence-corrected chi connectivity index (χ0v) is 19.4. The summed E-state index contributed by atoms with van der Waals surface area (Å²) in [5.41, 5.74) is 6.57. The number of ether oxygens (including phenoxy) is 1. The van der Waals surface area contributed by atoms with Gasteiger partial charge in [0, 0.05) is 24.6 Å². The van der Waals surface area contributed by atoms with Crippen LogP contribution in [0.2, 0.25) is 0 Å². The summed E-state index contributed by atoms with van der Waals surface area (Å²) in [4.78, 5) is 19.9. The molecule has 1 aliphatic rings. The van der Waals surface area contributed by atoms with Crippen LogP contribution < -0.4 is 9.64 Å². The third-order valence-corrected chi connectivity index (χ3v) is 6.30.